The van der Waals surface area contributed by atoms with Gasteiger partial charge in [-0.3, -0.25) is 24.1 Å². The van der Waals surface area contributed by atoms with Gasteiger partial charge < -0.3 is 36.2 Å². The number of hydrogen-bond acceptors (Lipinski definition) is 10. The number of hydrogen-bond donors (Lipinski definition) is 5. The largest absolute Gasteiger partial charge is 0.395 e. The van der Waals surface area contributed by atoms with E-state index in [9.17, 15) is 24.3 Å². The van der Waals surface area contributed by atoms with Crippen molar-refractivity contribution in [1.29, 1.82) is 0 Å². The Bertz CT molecular complexity index is 2820. The minimum absolute atomic E-state index is 0.00502. The van der Waals surface area contributed by atoms with E-state index in [-0.39, 0.29) is 54.8 Å². The summed E-state index contributed by atoms with van der Waals surface area (Å²) in [5, 5.41) is 27.3. The molecule has 4 aliphatic rings. The van der Waals surface area contributed by atoms with E-state index in [2.05, 4.69) is 105 Å². The Hall–Kier alpha value is -6.16. The number of carbonyl (C=O) groups is 4. The van der Waals surface area contributed by atoms with Crippen LogP contribution in [0.4, 0.5) is 5.82 Å². The smallest absolute Gasteiger partial charge is 0.246 e. The van der Waals surface area contributed by atoms with E-state index in [0.717, 1.165) is 161 Å². The topological polar surface area (TPSA) is 177 Å². The summed E-state index contributed by atoms with van der Waals surface area (Å²) in [6.07, 6.45) is 20.7. The molecule has 3 fully saturated rings. The number of anilines is 1. The first-order valence-electron chi connectivity index (χ1n) is 30.7. The summed E-state index contributed by atoms with van der Waals surface area (Å²) in [6.45, 7) is 8.51. The highest BCUT2D eigenvalue weighted by Gasteiger charge is 2.45. The molecule has 2 saturated heterocycles. The fourth-order valence-corrected chi connectivity index (χ4v) is 13.0. The lowest BCUT2D eigenvalue weighted by atomic mass is 9.83. The lowest BCUT2D eigenvalue weighted by Crippen LogP contribution is -2.58. The standard InChI is InChI=1S/C65H90N10O5/c1-46-60(62-68-56(50-27-15-12-16-28-50)44-59(75(62)71-46)73-38-36-72(37-39-73)40-41-76)52-32-22-25-48(42-52)24-14-10-8-6-4-5-7-9-11-19-35-58(77)67-53-43-57(64(79)69-55-34-23-31-49-26-20-21-33-54(49)55)74(45-53)65(80)61(51-29-17-13-18-30-51)70-63(78)47(2)66-3/h12,15-16,20-22,25-28,32-33,42,44,47,51,53,55,57,61,66,76H,4-11,13-14,17-19,23-24,29-31,34-41,43,45H2,1-3H3,(H,67,77)(H,69,79)(H,70,78)/t47-,53-,55+,57-,61-/m0/s1. The average molecular weight is 1090 g/mol. The fraction of sp³-hybridized carbons (Fsp3) is 0.569. The number of benzene rings is 3. The number of likely N-dealkylation sites (tertiary alicyclic amines) is 1. The number of aliphatic hydroxyl groups excluding tert-OH is 1. The SMILES string of the molecule is CN[C@@H](C)C(=O)N[C@H](C(=O)N1C[C@@H](NC(=O)CCCCCCCCCCCCc2cccc(-c3c(C)nn4c(N5CCN(CCO)CC5)cc(-c5ccccc5)nc34)c2)C[C@H]1C(=O)N[C@@H]1CCCc2ccccc21)C1CCCCC1. The van der Waals surface area contributed by atoms with Crippen LogP contribution in [0.1, 0.15) is 157 Å². The molecule has 430 valence electrons. The highest BCUT2D eigenvalue weighted by Crippen LogP contribution is 2.35. The highest BCUT2D eigenvalue weighted by atomic mass is 16.3. The Morgan fingerprint density at radius 2 is 1.45 bits per heavy atom. The quantitative estimate of drug-likeness (QED) is 0.0336. The predicted molar refractivity (Wildman–Crippen MR) is 318 cm³/mol. The summed E-state index contributed by atoms with van der Waals surface area (Å²) >= 11 is 0. The normalized spacial score (nSPS) is 19.6. The van der Waals surface area contributed by atoms with Crippen LogP contribution < -0.4 is 26.2 Å². The van der Waals surface area contributed by atoms with Gasteiger partial charge in [0, 0.05) is 68.9 Å². The number of fused-ring (bicyclic) bond motifs is 2. The van der Waals surface area contributed by atoms with Crippen LogP contribution in [-0.4, -0.2) is 130 Å². The number of unbranched alkanes of at least 4 members (excludes halogenated alkanes) is 9. The van der Waals surface area contributed by atoms with E-state index in [1.807, 2.05) is 22.7 Å². The molecule has 0 unspecified atom stereocenters. The highest BCUT2D eigenvalue weighted by molar-refractivity contribution is 5.94. The zero-order valence-corrected chi connectivity index (χ0v) is 48.1. The molecular formula is C65H90N10O5. The van der Waals surface area contributed by atoms with Crippen LogP contribution in [-0.2, 0) is 32.0 Å². The summed E-state index contributed by atoms with van der Waals surface area (Å²) in [7, 11) is 1.73. The van der Waals surface area contributed by atoms with Gasteiger partial charge in [0.15, 0.2) is 5.65 Å². The molecule has 2 aliphatic heterocycles. The Morgan fingerprint density at radius 1 is 0.750 bits per heavy atom. The van der Waals surface area contributed by atoms with Gasteiger partial charge in [-0.2, -0.15) is 9.61 Å². The molecule has 15 heteroatoms. The number of aliphatic hydroxyl groups is 1. The number of β-amino-alcohol motifs (C(OH)–C–C–N with tert-alkyl or cyclic N) is 1. The molecular weight excluding hydrogens is 1000 g/mol. The number of rotatable bonds is 26. The lowest BCUT2D eigenvalue weighted by molar-refractivity contribution is -0.143. The maximum absolute atomic E-state index is 14.7. The van der Waals surface area contributed by atoms with E-state index < -0.39 is 18.1 Å². The molecule has 0 spiro atoms. The van der Waals surface area contributed by atoms with Crippen LogP contribution in [0.15, 0.2) is 84.9 Å². The van der Waals surface area contributed by atoms with Crippen LogP contribution in [0.5, 0.6) is 0 Å². The van der Waals surface area contributed by atoms with Crippen LogP contribution in [0, 0.1) is 12.8 Å². The number of amides is 4. The van der Waals surface area contributed by atoms with E-state index in [1.165, 1.54) is 43.2 Å². The molecule has 5 aromatic rings. The summed E-state index contributed by atoms with van der Waals surface area (Å²) in [4.78, 5) is 67.5. The average Bonchev–Trinajstić information content (AvgIpc) is 4.09. The second-order valence-corrected chi connectivity index (χ2v) is 23.4. The van der Waals surface area contributed by atoms with E-state index in [0.29, 0.717) is 19.4 Å². The lowest BCUT2D eigenvalue weighted by Gasteiger charge is -2.35. The zero-order chi connectivity index (χ0) is 55.8. The molecule has 2 aliphatic carbocycles. The van der Waals surface area contributed by atoms with Crippen molar-refractivity contribution >= 4 is 35.1 Å². The molecule has 4 heterocycles. The van der Waals surface area contributed by atoms with Gasteiger partial charge in [0.1, 0.15) is 17.9 Å². The second-order valence-electron chi connectivity index (χ2n) is 23.4. The third-order valence-electron chi connectivity index (χ3n) is 17.7. The third kappa shape index (κ3) is 15.0. The van der Waals surface area contributed by atoms with Crippen molar-refractivity contribution in [1.82, 2.24) is 45.7 Å². The summed E-state index contributed by atoms with van der Waals surface area (Å²) < 4.78 is 2.04. The molecule has 1 saturated carbocycles. The first-order valence-corrected chi connectivity index (χ1v) is 30.7. The molecule has 80 heavy (non-hydrogen) atoms. The number of aromatic nitrogens is 3. The van der Waals surface area contributed by atoms with Crippen molar-refractivity contribution in [3.63, 3.8) is 0 Å². The Morgan fingerprint density at radius 3 is 2.19 bits per heavy atom. The van der Waals surface area contributed by atoms with Crippen LogP contribution in [0.3, 0.4) is 0 Å². The first-order chi connectivity index (χ1) is 39.1. The molecule has 4 amide bonds. The number of aryl methyl sites for hydroxylation is 3. The van der Waals surface area contributed by atoms with Gasteiger partial charge in [-0.25, -0.2) is 4.98 Å². The van der Waals surface area contributed by atoms with E-state index >= 15 is 0 Å². The molecule has 5 atom stereocenters. The molecule has 2 aromatic heterocycles. The van der Waals surface area contributed by atoms with Gasteiger partial charge in [-0.1, -0.05) is 149 Å². The minimum Gasteiger partial charge on any atom is -0.395 e. The van der Waals surface area contributed by atoms with Gasteiger partial charge in [0.05, 0.1) is 30.1 Å². The Kier molecular flexibility index (Phi) is 21.2. The molecule has 5 N–H and O–H groups in total. The molecule has 15 nitrogen and oxygen atoms in total. The number of piperazine rings is 1. The van der Waals surface area contributed by atoms with E-state index in [4.69, 9.17) is 10.1 Å². The van der Waals surface area contributed by atoms with Crippen LogP contribution in [0.25, 0.3) is 28.0 Å². The number of nitrogens with one attached hydrogen (secondary N) is 4. The molecule has 0 bridgehead atoms. The number of carbonyl (C=O) groups excluding carboxylic acids is 4. The molecule has 3 aromatic carbocycles. The van der Waals surface area contributed by atoms with Crippen LogP contribution >= 0.6 is 0 Å². The van der Waals surface area contributed by atoms with Crippen LogP contribution in [0.2, 0.25) is 0 Å². The maximum atomic E-state index is 14.7. The van der Waals surface area contributed by atoms with Gasteiger partial charge in [-0.15, -0.1) is 0 Å². The second kappa shape index (κ2) is 29.0. The van der Waals surface area contributed by atoms with Crippen molar-refractivity contribution in [2.24, 2.45) is 5.92 Å². The van der Waals surface area contributed by atoms with Gasteiger partial charge in [0.25, 0.3) is 0 Å². The third-order valence-corrected chi connectivity index (χ3v) is 17.7. The van der Waals surface area contributed by atoms with Crippen molar-refractivity contribution in [3.8, 4) is 22.4 Å². The summed E-state index contributed by atoms with van der Waals surface area (Å²) in [5.74, 6) is 0.365. The first kappa shape index (κ1) is 58.5. The van der Waals surface area contributed by atoms with Crippen molar-refractivity contribution in [3.05, 3.63) is 107 Å². The van der Waals surface area contributed by atoms with Crippen molar-refractivity contribution in [2.75, 3.05) is 57.8 Å². The van der Waals surface area contributed by atoms with Crippen molar-refractivity contribution < 1.29 is 24.3 Å². The maximum Gasteiger partial charge on any atom is 0.246 e. The monoisotopic (exact) mass is 1090 g/mol. The van der Waals surface area contributed by atoms with Gasteiger partial charge >= 0.3 is 0 Å². The van der Waals surface area contributed by atoms with Gasteiger partial charge in [-0.05, 0) is 107 Å². The zero-order valence-electron chi connectivity index (χ0n) is 48.1. The number of likely N-dealkylation sites (N-methyl/N-ethyl adjacent to an activating group) is 1. The summed E-state index contributed by atoms with van der Waals surface area (Å²) in [5.41, 5.74) is 9.82. The van der Waals surface area contributed by atoms with E-state index in [1.54, 1.807) is 18.9 Å². The molecule has 9 rings (SSSR count). The Labute approximate surface area is 475 Å². The predicted octanol–water partition coefficient (Wildman–Crippen LogP) is 9.27. The summed E-state index contributed by atoms with van der Waals surface area (Å²) in [6, 6.07) is 27.4. The van der Waals surface area contributed by atoms with Gasteiger partial charge in [0.2, 0.25) is 23.6 Å². The Balaban J connectivity index is 0.709. The minimum atomic E-state index is -0.747. The fourth-order valence-electron chi connectivity index (χ4n) is 13.0. The van der Waals surface area contributed by atoms with Crippen molar-refractivity contribution in [2.45, 2.75) is 179 Å². The number of nitrogens with zero attached hydrogens (tertiary/aromatic N) is 6. The molecule has 0 radical (unpaired) electrons.